The molecule has 0 aliphatic carbocycles. The Bertz CT molecular complexity index is 286. The molecule has 0 atom stereocenters. The fourth-order valence-electron chi connectivity index (χ4n) is 0.691. The maximum atomic E-state index is 12.4. The molecule has 1 aromatic carbocycles. The number of oxime groups is 1. The van der Waals surface area contributed by atoms with E-state index in [1.807, 2.05) is 0 Å². The lowest BCUT2D eigenvalue weighted by Crippen LogP contribution is -1.83. The largest absolute Gasteiger partial charge is 0.507 e. The first-order chi connectivity index (χ1) is 5.24. The predicted octanol–water partition coefficient (Wildman–Crippen LogP) is 1.34. The van der Waals surface area contributed by atoms with Crippen LogP contribution < -0.4 is 0 Å². The minimum Gasteiger partial charge on any atom is -0.507 e. The number of nitrogens with zero attached hydrogens (tertiary/aromatic N) is 1. The molecule has 0 fully saturated rings. The van der Waals surface area contributed by atoms with Gasteiger partial charge in [0.15, 0.2) is 0 Å². The molecule has 0 spiro atoms. The Morgan fingerprint density at radius 2 is 2.18 bits per heavy atom. The lowest BCUT2D eigenvalue weighted by Gasteiger charge is -1.95. The van der Waals surface area contributed by atoms with E-state index in [0.29, 0.717) is 0 Å². The van der Waals surface area contributed by atoms with Crippen molar-refractivity contribution in [1.29, 1.82) is 0 Å². The van der Waals surface area contributed by atoms with E-state index >= 15 is 0 Å². The first-order valence-electron chi connectivity index (χ1n) is 2.90. The van der Waals surface area contributed by atoms with Gasteiger partial charge in [-0.15, -0.1) is 0 Å². The molecule has 0 bridgehead atoms. The molecule has 0 aliphatic rings. The standard InChI is InChI=1S/C7H6FNO2/c8-6-1-2-7(10)5(3-6)4-9-11/h1-4,10-11H/b9-4-. The van der Waals surface area contributed by atoms with Gasteiger partial charge >= 0.3 is 0 Å². The lowest BCUT2D eigenvalue weighted by atomic mass is 10.2. The molecule has 3 nitrogen and oxygen atoms in total. The predicted molar refractivity (Wildman–Crippen MR) is 37.4 cm³/mol. The van der Waals surface area contributed by atoms with E-state index < -0.39 is 5.82 Å². The number of rotatable bonds is 1. The Labute approximate surface area is 62.4 Å². The van der Waals surface area contributed by atoms with Gasteiger partial charge < -0.3 is 10.3 Å². The molecule has 11 heavy (non-hydrogen) atoms. The van der Waals surface area contributed by atoms with Gasteiger partial charge in [0.25, 0.3) is 0 Å². The number of hydrogen-bond donors (Lipinski definition) is 2. The number of benzene rings is 1. The van der Waals surface area contributed by atoms with E-state index in [1.54, 1.807) is 0 Å². The fourth-order valence-corrected chi connectivity index (χ4v) is 0.691. The minimum atomic E-state index is -0.488. The highest BCUT2D eigenvalue weighted by molar-refractivity contribution is 5.82. The number of phenols is 1. The fraction of sp³-hybridized carbons (Fsp3) is 0. The van der Waals surface area contributed by atoms with Crippen LogP contribution in [0.4, 0.5) is 4.39 Å². The van der Waals surface area contributed by atoms with E-state index in [4.69, 9.17) is 10.3 Å². The molecule has 0 aliphatic heterocycles. The van der Waals surface area contributed by atoms with Gasteiger partial charge in [-0.3, -0.25) is 0 Å². The molecule has 58 valence electrons. The molecule has 0 radical (unpaired) electrons. The van der Waals surface area contributed by atoms with Gasteiger partial charge in [0, 0.05) is 5.56 Å². The second kappa shape index (κ2) is 3.01. The summed E-state index contributed by atoms with van der Waals surface area (Å²) in [5.41, 5.74) is 0.146. The summed E-state index contributed by atoms with van der Waals surface area (Å²) in [6, 6.07) is 3.37. The molecular formula is C7H6FNO2. The van der Waals surface area contributed by atoms with E-state index in [9.17, 15) is 4.39 Å². The van der Waals surface area contributed by atoms with Crippen LogP contribution in [0.2, 0.25) is 0 Å². The third kappa shape index (κ3) is 1.67. The molecule has 0 saturated carbocycles. The zero-order valence-corrected chi connectivity index (χ0v) is 5.53. The third-order valence-corrected chi connectivity index (χ3v) is 1.19. The number of aromatic hydroxyl groups is 1. The van der Waals surface area contributed by atoms with Gasteiger partial charge in [0.2, 0.25) is 0 Å². The van der Waals surface area contributed by atoms with Crippen molar-refractivity contribution in [2.24, 2.45) is 5.16 Å². The Morgan fingerprint density at radius 3 is 2.82 bits per heavy atom. The van der Waals surface area contributed by atoms with Crippen molar-refractivity contribution in [3.8, 4) is 5.75 Å². The molecule has 0 saturated heterocycles. The first kappa shape index (κ1) is 7.53. The Morgan fingerprint density at radius 1 is 1.45 bits per heavy atom. The summed E-state index contributed by atoms with van der Waals surface area (Å²) < 4.78 is 12.4. The average molecular weight is 155 g/mol. The molecule has 0 heterocycles. The number of halogens is 1. The van der Waals surface area contributed by atoms with Crippen LogP contribution in [0.3, 0.4) is 0 Å². The molecule has 2 N–H and O–H groups in total. The van der Waals surface area contributed by atoms with Gasteiger partial charge in [-0.25, -0.2) is 4.39 Å². The van der Waals surface area contributed by atoms with Gasteiger partial charge in [-0.05, 0) is 18.2 Å². The Kier molecular flexibility index (Phi) is 2.06. The molecular weight excluding hydrogens is 149 g/mol. The quantitative estimate of drug-likeness (QED) is 0.365. The highest BCUT2D eigenvalue weighted by Gasteiger charge is 1.98. The number of phenolic OH excluding ortho intramolecular Hbond substituents is 1. The maximum absolute atomic E-state index is 12.4. The zero-order valence-electron chi connectivity index (χ0n) is 5.53. The summed E-state index contributed by atoms with van der Waals surface area (Å²) in [7, 11) is 0. The van der Waals surface area contributed by atoms with E-state index in [-0.39, 0.29) is 11.3 Å². The van der Waals surface area contributed by atoms with Crippen LogP contribution in [0, 0.1) is 5.82 Å². The van der Waals surface area contributed by atoms with Gasteiger partial charge in [-0.2, -0.15) is 0 Å². The van der Waals surface area contributed by atoms with Crippen LogP contribution in [-0.2, 0) is 0 Å². The normalized spacial score (nSPS) is 10.6. The highest BCUT2D eigenvalue weighted by atomic mass is 19.1. The van der Waals surface area contributed by atoms with Crippen molar-refractivity contribution in [2.75, 3.05) is 0 Å². The van der Waals surface area contributed by atoms with Crippen molar-refractivity contribution in [3.63, 3.8) is 0 Å². The summed E-state index contributed by atoms with van der Waals surface area (Å²) in [6.45, 7) is 0. The van der Waals surface area contributed by atoms with Crippen LogP contribution in [0.1, 0.15) is 5.56 Å². The minimum absolute atomic E-state index is 0.121. The van der Waals surface area contributed by atoms with Crippen LogP contribution >= 0.6 is 0 Å². The SMILES string of the molecule is O/N=C\c1cc(F)ccc1O. The topological polar surface area (TPSA) is 52.8 Å². The number of hydrogen-bond acceptors (Lipinski definition) is 3. The van der Waals surface area contributed by atoms with Crippen molar-refractivity contribution < 1.29 is 14.7 Å². The zero-order chi connectivity index (χ0) is 8.27. The second-order valence-corrected chi connectivity index (χ2v) is 1.95. The summed E-state index contributed by atoms with van der Waals surface area (Å²) in [4.78, 5) is 0. The first-order valence-corrected chi connectivity index (χ1v) is 2.90. The summed E-state index contributed by atoms with van der Waals surface area (Å²) in [6.07, 6.45) is 0.957. The van der Waals surface area contributed by atoms with Crippen LogP contribution in [0.15, 0.2) is 23.4 Å². The smallest absolute Gasteiger partial charge is 0.124 e. The molecule has 0 unspecified atom stereocenters. The van der Waals surface area contributed by atoms with E-state index in [2.05, 4.69) is 5.16 Å². The van der Waals surface area contributed by atoms with Crippen molar-refractivity contribution in [1.82, 2.24) is 0 Å². The van der Waals surface area contributed by atoms with Gasteiger partial charge in [0.1, 0.15) is 11.6 Å². The van der Waals surface area contributed by atoms with E-state index in [0.717, 1.165) is 18.3 Å². The van der Waals surface area contributed by atoms with Gasteiger partial charge in [-0.1, -0.05) is 5.16 Å². The summed E-state index contributed by atoms with van der Waals surface area (Å²) in [5.74, 6) is -0.609. The van der Waals surface area contributed by atoms with Gasteiger partial charge in [0.05, 0.1) is 6.21 Å². The third-order valence-electron chi connectivity index (χ3n) is 1.19. The highest BCUT2D eigenvalue weighted by Crippen LogP contribution is 2.15. The summed E-state index contributed by atoms with van der Waals surface area (Å²) >= 11 is 0. The molecule has 1 rings (SSSR count). The second-order valence-electron chi connectivity index (χ2n) is 1.95. The maximum Gasteiger partial charge on any atom is 0.124 e. The van der Waals surface area contributed by atoms with Crippen molar-refractivity contribution >= 4 is 6.21 Å². The average Bonchev–Trinajstić information content (AvgIpc) is 1.98. The monoisotopic (exact) mass is 155 g/mol. The Hall–Kier alpha value is -1.58. The van der Waals surface area contributed by atoms with E-state index in [1.165, 1.54) is 6.07 Å². The van der Waals surface area contributed by atoms with Crippen molar-refractivity contribution in [2.45, 2.75) is 0 Å². The van der Waals surface area contributed by atoms with Crippen LogP contribution in [0.5, 0.6) is 5.75 Å². The molecule has 0 aromatic heterocycles. The molecule has 0 amide bonds. The van der Waals surface area contributed by atoms with Crippen LogP contribution in [0.25, 0.3) is 0 Å². The lowest BCUT2D eigenvalue weighted by molar-refractivity contribution is 0.321. The summed E-state index contributed by atoms with van der Waals surface area (Å²) in [5, 5.41) is 19.7. The van der Waals surface area contributed by atoms with Crippen molar-refractivity contribution in [3.05, 3.63) is 29.6 Å². The molecule has 1 aromatic rings. The Balaban J connectivity index is 3.12. The molecule has 4 heteroatoms. The van der Waals surface area contributed by atoms with Crippen LogP contribution in [-0.4, -0.2) is 16.5 Å².